The standard InChI is InChI=1S/C11H22N4O/c1-13(2)5-6-15-8-10-7-12-3-4-14(10)9-11(15)16/h10,12H,3-9H2,1-2H3. The fourth-order valence-corrected chi connectivity index (χ4v) is 2.36. The molecule has 2 aliphatic heterocycles. The van der Waals surface area contributed by atoms with E-state index in [-0.39, 0.29) is 0 Å². The van der Waals surface area contributed by atoms with E-state index >= 15 is 0 Å². The zero-order valence-electron chi connectivity index (χ0n) is 10.3. The number of nitrogens with one attached hydrogen (secondary N) is 1. The fraction of sp³-hybridized carbons (Fsp3) is 0.909. The minimum Gasteiger partial charge on any atom is -0.339 e. The Hall–Kier alpha value is -0.650. The third-order valence-corrected chi connectivity index (χ3v) is 3.41. The van der Waals surface area contributed by atoms with Crippen molar-refractivity contribution >= 4 is 5.91 Å². The normalized spacial score (nSPS) is 27.3. The Bertz CT molecular complexity index is 256. The van der Waals surface area contributed by atoms with E-state index in [0.717, 1.165) is 39.3 Å². The maximum absolute atomic E-state index is 11.9. The Morgan fingerprint density at radius 3 is 3.06 bits per heavy atom. The number of rotatable bonds is 3. The van der Waals surface area contributed by atoms with Gasteiger partial charge in [0.05, 0.1) is 6.54 Å². The second kappa shape index (κ2) is 5.12. The van der Waals surface area contributed by atoms with Crippen molar-refractivity contribution in [1.29, 1.82) is 0 Å². The zero-order chi connectivity index (χ0) is 11.5. The number of likely N-dealkylation sites (N-methyl/N-ethyl adjacent to an activating group) is 1. The number of nitrogens with zero attached hydrogens (tertiary/aromatic N) is 3. The van der Waals surface area contributed by atoms with E-state index in [0.29, 0.717) is 18.5 Å². The van der Waals surface area contributed by atoms with Crippen molar-refractivity contribution in [3.63, 3.8) is 0 Å². The van der Waals surface area contributed by atoms with Gasteiger partial charge < -0.3 is 15.1 Å². The Labute approximate surface area is 97.4 Å². The van der Waals surface area contributed by atoms with Crippen LogP contribution < -0.4 is 5.32 Å². The molecule has 0 spiro atoms. The number of carbonyl (C=O) groups is 1. The van der Waals surface area contributed by atoms with Gasteiger partial charge >= 0.3 is 0 Å². The van der Waals surface area contributed by atoms with Gasteiger partial charge in [0.2, 0.25) is 5.91 Å². The lowest BCUT2D eigenvalue weighted by Gasteiger charge is -2.43. The minimum absolute atomic E-state index is 0.292. The molecule has 1 amide bonds. The smallest absolute Gasteiger partial charge is 0.236 e. The molecule has 2 rings (SSSR count). The number of hydrogen-bond donors (Lipinski definition) is 1. The van der Waals surface area contributed by atoms with Crippen molar-refractivity contribution < 1.29 is 4.79 Å². The first-order valence-corrected chi connectivity index (χ1v) is 6.04. The van der Waals surface area contributed by atoms with Crippen molar-refractivity contribution in [2.24, 2.45) is 0 Å². The number of hydrogen-bond acceptors (Lipinski definition) is 4. The average molecular weight is 226 g/mol. The third kappa shape index (κ3) is 2.72. The predicted molar refractivity (Wildman–Crippen MR) is 63.4 cm³/mol. The first kappa shape index (κ1) is 11.8. The van der Waals surface area contributed by atoms with Crippen LogP contribution in [-0.4, -0.2) is 86.6 Å². The summed E-state index contributed by atoms with van der Waals surface area (Å²) < 4.78 is 0. The van der Waals surface area contributed by atoms with Crippen LogP contribution in [0.1, 0.15) is 0 Å². The van der Waals surface area contributed by atoms with Gasteiger partial charge in [-0.1, -0.05) is 0 Å². The summed E-state index contributed by atoms with van der Waals surface area (Å²) in [5, 5.41) is 3.39. The molecule has 0 radical (unpaired) electrons. The van der Waals surface area contributed by atoms with Crippen LogP contribution in [0.4, 0.5) is 0 Å². The molecule has 2 saturated heterocycles. The fourth-order valence-electron chi connectivity index (χ4n) is 2.36. The Morgan fingerprint density at radius 1 is 1.50 bits per heavy atom. The lowest BCUT2D eigenvalue weighted by atomic mass is 10.1. The molecule has 5 nitrogen and oxygen atoms in total. The first-order chi connectivity index (χ1) is 7.66. The first-order valence-electron chi connectivity index (χ1n) is 6.04. The largest absolute Gasteiger partial charge is 0.339 e. The maximum atomic E-state index is 11.9. The van der Waals surface area contributed by atoms with Crippen molar-refractivity contribution in [3.8, 4) is 0 Å². The monoisotopic (exact) mass is 226 g/mol. The van der Waals surface area contributed by atoms with Crippen LogP contribution in [0.25, 0.3) is 0 Å². The van der Waals surface area contributed by atoms with Crippen LogP contribution >= 0.6 is 0 Å². The van der Waals surface area contributed by atoms with Crippen LogP contribution in [-0.2, 0) is 4.79 Å². The van der Waals surface area contributed by atoms with E-state index in [1.165, 1.54) is 0 Å². The van der Waals surface area contributed by atoms with Crippen molar-refractivity contribution in [2.45, 2.75) is 6.04 Å². The molecule has 0 bridgehead atoms. The summed E-state index contributed by atoms with van der Waals surface area (Å²) in [6.45, 7) is 6.35. The maximum Gasteiger partial charge on any atom is 0.236 e. The van der Waals surface area contributed by atoms with Gasteiger partial charge in [-0.05, 0) is 14.1 Å². The molecule has 0 aliphatic carbocycles. The Balaban J connectivity index is 1.87. The molecule has 92 valence electrons. The lowest BCUT2D eigenvalue weighted by Crippen LogP contribution is -2.63. The average Bonchev–Trinajstić information content (AvgIpc) is 2.26. The van der Waals surface area contributed by atoms with Gasteiger partial charge in [0.15, 0.2) is 0 Å². The number of amides is 1. The predicted octanol–water partition coefficient (Wildman–Crippen LogP) is -1.34. The summed E-state index contributed by atoms with van der Waals surface area (Å²) in [5.74, 6) is 0.292. The highest BCUT2D eigenvalue weighted by atomic mass is 16.2. The zero-order valence-corrected chi connectivity index (χ0v) is 10.3. The molecule has 16 heavy (non-hydrogen) atoms. The lowest BCUT2D eigenvalue weighted by molar-refractivity contribution is -0.139. The molecular formula is C11H22N4O. The molecule has 1 unspecified atom stereocenters. The van der Waals surface area contributed by atoms with Gasteiger partial charge in [-0.15, -0.1) is 0 Å². The molecule has 0 aromatic carbocycles. The van der Waals surface area contributed by atoms with Gasteiger partial charge in [-0.3, -0.25) is 9.69 Å². The van der Waals surface area contributed by atoms with E-state index in [9.17, 15) is 4.79 Å². The summed E-state index contributed by atoms with van der Waals surface area (Å²) in [6, 6.07) is 0.522. The van der Waals surface area contributed by atoms with Crippen LogP contribution in [0.2, 0.25) is 0 Å². The molecule has 0 aromatic rings. The number of fused-ring (bicyclic) bond motifs is 1. The number of carbonyl (C=O) groups excluding carboxylic acids is 1. The van der Waals surface area contributed by atoms with E-state index in [1.54, 1.807) is 0 Å². The van der Waals surface area contributed by atoms with Crippen LogP contribution in [0.5, 0.6) is 0 Å². The molecule has 0 saturated carbocycles. The van der Waals surface area contributed by atoms with Gasteiger partial charge in [0.1, 0.15) is 0 Å². The second-order valence-electron chi connectivity index (χ2n) is 4.97. The van der Waals surface area contributed by atoms with Gasteiger partial charge in [0.25, 0.3) is 0 Å². The summed E-state index contributed by atoms with van der Waals surface area (Å²) >= 11 is 0. The van der Waals surface area contributed by atoms with Crippen molar-refractivity contribution in [3.05, 3.63) is 0 Å². The summed E-state index contributed by atoms with van der Waals surface area (Å²) in [5.41, 5.74) is 0. The van der Waals surface area contributed by atoms with E-state index < -0.39 is 0 Å². The van der Waals surface area contributed by atoms with E-state index in [2.05, 4.69) is 15.1 Å². The quantitative estimate of drug-likeness (QED) is 0.647. The third-order valence-electron chi connectivity index (χ3n) is 3.41. The summed E-state index contributed by atoms with van der Waals surface area (Å²) in [6.07, 6.45) is 0. The highest BCUT2D eigenvalue weighted by molar-refractivity contribution is 5.79. The van der Waals surface area contributed by atoms with Gasteiger partial charge in [-0.25, -0.2) is 0 Å². The molecule has 5 heteroatoms. The van der Waals surface area contributed by atoms with E-state index in [1.807, 2.05) is 19.0 Å². The second-order valence-corrected chi connectivity index (χ2v) is 4.97. The number of piperazine rings is 2. The Kier molecular flexibility index (Phi) is 3.78. The van der Waals surface area contributed by atoms with Crippen molar-refractivity contribution in [1.82, 2.24) is 20.0 Å². The van der Waals surface area contributed by atoms with Gasteiger partial charge in [0, 0.05) is 45.3 Å². The molecule has 2 aliphatic rings. The molecule has 0 aromatic heterocycles. The highest BCUT2D eigenvalue weighted by Gasteiger charge is 2.32. The SMILES string of the molecule is CN(C)CCN1CC2CNCCN2CC1=O. The van der Waals surface area contributed by atoms with E-state index in [4.69, 9.17) is 0 Å². The summed E-state index contributed by atoms with van der Waals surface area (Å²) in [7, 11) is 4.09. The van der Waals surface area contributed by atoms with Crippen LogP contribution in [0.15, 0.2) is 0 Å². The van der Waals surface area contributed by atoms with Gasteiger partial charge in [-0.2, -0.15) is 0 Å². The van der Waals surface area contributed by atoms with Crippen LogP contribution in [0, 0.1) is 0 Å². The molecule has 2 fully saturated rings. The Morgan fingerprint density at radius 2 is 2.31 bits per heavy atom. The van der Waals surface area contributed by atoms with Crippen molar-refractivity contribution in [2.75, 3.05) is 59.9 Å². The molecule has 1 N–H and O–H groups in total. The molecule has 1 atom stereocenters. The summed E-state index contributed by atoms with van der Waals surface area (Å²) in [4.78, 5) is 18.3. The highest BCUT2D eigenvalue weighted by Crippen LogP contribution is 2.12. The topological polar surface area (TPSA) is 38.8 Å². The molecule has 2 heterocycles. The van der Waals surface area contributed by atoms with Crippen LogP contribution in [0.3, 0.4) is 0 Å². The minimum atomic E-state index is 0.292. The molecular weight excluding hydrogens is 204 g/mol.